The maximum atomic E-state index is 11.3. The largest absolute Gasteiger partial charge is 0.391 e. The van der Waals surface area contributed by atoms with Gasteiger partial charge in [0.15, 0.2) is 0 Å². The molecular weight excluding hydrogens is 182 g/mol. The number of rotatable bonds is 4. The minimum absolute atomic E-state index is 0.0298. The Morgan fingerprint density at radius 2 is 2.21 bits per heavy atom. The first-order valence-corrected chi connectivity index (χ1v) is 5.20. The van der Waals surface area contributed by atoms with Crippen molar-refractivity contribution in [3.8, 4) is 0 Å². The third-order valence-corrected chi connectivity index (χ3v) is 2.61. The molecule has 4 nitrogen and oxygen atoms in total. The van der Waals surface area contributed by atoms with E-state index in [1.165, 1.54) is 0 Å². The van der Waals surface area contributed by atoms with Crippen molar-refractivity contribution in [2.24, 2.45) is 0 Å². The van der Waals surface area contributed by atoms with Gasteiger partial charge >= 0.3 is 0 Å². The van der Waals surface area contributed by atoms with Crippen LogP contribution >= 0.6 is 0 Å². The number of carbonyl (C=O) groups is 1. The molecule has 1 amide bonds. The molecule has 2 atom stereocenters. The predicted molar refractivity (Wildman–Crippen MR) is 52.9 cm³/mol. The highest BCUT2D eigenvalue weighted by Crippen LogP contribution is 2.18. The molecule has 0 aliphatic heterocycles. The van der Waals surface area contributed by atoms with Crippen LogP contribution in [0.4, 0.5) is 0 Å². The van der Waals surface area contributed by atoms with E-state index in [4.69, 9.17) is 4.74 Å². The SMILES string of the molecule is COCCC(=O)NC1CCCCC1O. The van der Waals surface area contributed by atoms with Gasteiger partial charge in [0.05, 0.1) is 18.8 Å². The molecule has 1 fully saturated rings. The second-order valence-electron chi connectivity index (χ2n) is 3.77. The number of aliphatic hydroxyl groups is 1. The quantitative estimate of drug-likeness (QED) is 0.694. The minimum atomic E-state index is -0.366. The average Bonchev–Trinajstić information content (AvgIpc) is 2.18. The summed E-state index contributed by atoms with van der Waals surface area (Å²) in [4.78, 5) is 11.3. The van der Waals surface area contributed by atoms with Crippen molar-refractivity contribution in [1.29, 1.82) is 0 Å². The Morgan fingerprint density at radius 1 is 1.50 bits per heavy atom. The van der Waals surface area contributed by atoms with Gasteiger partial charge in [-0.25, -0.2) is 0 Å². The number of hydrogen-bond acceptors (Lipinski definition) is 3. The Kier molecular flexibility index (Phi) is 4.90. The van der Waals surface area contributed by atoms with Gasteiger partial charge in [0.2, 0.25) is 5.91 Å². The van der Waals surface area contributed by atoms with Gasteiger partial charge in [-0.3, -0.25) is 4.79 Å². The summed E-state index contributed by atoms with van der Waals surface area (Å²) < 4.78 is 4.81. The van der Waals surface area contributed by atoms with Crippen molar-refractivity contribution in [1.82, 2.24) is 5.32 Å². The first-order chi connectivity index (χ1) is 6.74. The highest BCUT2D eigenvalue weighted by atomic mass is 16.5. The smallest absolute Gasteiger partial charge is 0.222 e. The van der Waals surface area contributed by atoms with Crippen molar-refractivity contribution in [2.45, 2.75) is 44.2 Å². The lowest BCUT2D eigenvalue weighted by molar-refractivity contribution is -0.123. The maximum Gasteiger partial charge on any atom is 0.222 e. The summed E-state index contributed by atoms with van der Waals surface area (Å²) in [6, 6.07) is -0.0480. The Labute approximate surface area is 84.6 Å². The van der Waals surface area contributed by atoms with Gasteiger partial charge < -0.3 is 15.2 Å². The predicted octanol–water partition coefficient (Wildman–Crippen LogP) is 0.443. The number of nitrogens with one attached hydrogen (secondary N) is 1. The molecule has 0 radical (unpaired) electrons. The lowest BCUT2D eigenvalue weighted by atomic mass is 9.92. The first-order valence-electron chi connectivity index (χ1n) is 5.20. The van der Waals surface area contributed by atoms with Gasteiger partial charge in [0, 0.05) is 13.5 Å². The van der Waals surface area contributed by atoms with E-state index in [1.54, 1.807) is 7.11 Å². The molecule has 1 rings (SSSR count). The number of carbonyl (C=O) groups excluding carboxylic acids is 1. The fourth-order valence-electron chi connectivity index (χ4n) is 1.75. The molecule has 0 spiro atoms. The summed E-state index contributed by atoms with van der Waals surface area (Å²) in [5.41, 5.74) is 0. The molecule has 1 aliphatic rings. The van der Waals surface area contributed by atoms with Crippen LogP contribution < -0.4 is 5.32 Å². The summed E-state index contributed by atoms with van der Waals surface area (Å²) in [7, 11) is 1.57. The van der Waals surface area contributed by atoms with E-state index in [-0.39, 0.29) is 18.1 Å². The van der Waals surface area contributed by atoms with Crippen LogP contribution in [-0.4, -0.2) is 36.9 Å². The molecule has 0 aromatic rings. The van der Waals surface area contributed by atoms with Crippen LogP contribution in [0, 0.1) is 0 Å². The number of amides is 1. The lowest BCUT2D eigenvalue weighted by Gasteiger charge is -2.28. The summed E-state index contributed by atoms with van der Waals surface area (Å²) in [5.74, 6) is -0.0298. The van der Waals surface area contributed by atoms with E-state index in [2.05, 4.69) is 5.32 Å². The highest BCUT2D eigenvalue weighted by molar-refractivity contribution is 5.76. The van der Waals surface area contributed by atoms with Gasteiger partial charge in [-0.15, -0.1) is 0 Å². The van der Waals surface area contributed by atoms with Crippen LogP contribution in [0.3, 0.4) is 0 Å². The Balaban J connectivity index is 2.23. The molecule has 2 N–H and O–H groups in total. The summed E-state index contributed by atoms with van der Waals surface area (Å²) in [6.45, 7) is 0.439. The number of methoxy groups -OCH3 is 1. The summed E-state index contributed by atoms with van der Waals surface area (Å²) >= 11 is 0. The zero-order valence-electron chi connectivity index (χ0n) is 8.66. The number of hydrogen-bond donors (Lipinski definition) is 2. The third kappa shape index (κ3) is 3.64. The van der Waals surface area contributed by atoms with E-state index in [0.29, 0.717) is 13.0 Å². The Bertz CT molecular complexity index is 184. The second-order valence-corrected chi connectivity index (χ2v) is 3.77. The topological polar surface area (TPSA) is 58.6 Å². The van der Waals surface area contributed by atoms with Crippen LogP contribution in [-0.2, 0) is 9.53 Å². The molecule has 2 unspecified atom stereocenters. The van der Waals surface area contributed by atoms with Crippen LogP contribution in [0.15, 0.2) is 0 Å². The fourth-order valence-corrected chi connectivity index (χ4v) is 1.75. The summed E-state index contributed by atoms with van der Waals surface area (Å²) in [6.07, 6.45) is 3.85. The average molecular weight is 201 g/mol. The van der Waals surface area contributed by atoms with E-state index in [0.717, 1.165) is 25.7 Å². The van der Waals surface area contributed by atoms with Crippen LogP contribution in [0.5, 0.6) is 0 Å². The highest BCUT2D eigenvalue weighted by Gasteiger charge is 2.23. The van der Waals surface area contributed by atoms with E-state index < -0.39 is 0 Å². The minimum Gasteiger partial charge on any atom is -0.391 e. The van der Waals surface area contributed by atoms with Crippen molar-refractivity contribution in [3.05, 3.63) is 0 Å². The molecule has 0 bridgehead atoms. The molecule has 0 saturated heterocycles. The normalized spacial score (nSPS) is 27.3. The molecule has 82 valence electrons. The van der Waals surface area contributed by atoms with Crippen molar-refractivity contribution in [2.75, 3.05) is 13.7 Å². The molecule has 0 heterocycles. The van der Waals surface area contributed by atoms with Gasteiger partial charge in [-0.1, -0.05) is 12.8 Å². The van der Waals surface area contributed by atoms with Crippen molar-refractivity contribution in [3.63, 3.8) is 0 Å². The molecule has 1 saturated carbocycles. The van der Waals surface area contributed by atoms with E-state index >= 15 is 0 Å². The molecule has 0 aromatic carbocycles. The zero-order chi connectivity index (χ0) is 10.4. The van der Waals surface area contributed by atoms with Crippen molar-refractivity contribution < 1.29 is 14.6 Å². The van der Waals surface area contributed by atoms with Gasteiger partial charge in [0.25, 0.3) is 0 Å². The number of ether oxygens (including phenoxy) is 1. The second kappa shape index (κ2) is 5.98. The Hall–Kier alpha value is -0.610. The van der Waals surface area contributed by atoms with Crippen LogP contribution in [0.25, 0.3) is 0 Å². The lowest BCUT2D eigenvalue weighted by Crippen LogP contribution is -2.45. The monoisotopic (exact) mass is 201 g/mol. The molecule has 0 aromatic heterocycles. The van der Waals surface area contributed by atoms with Crippen LogP contribution in [0.2, 0.25) is 0 Å². The first kappa shape index (κ1) is 11.5. The van der Waals surface area contributed by atoms with Gasteiger partial charge in [0.1, 0.15) is 0 Å². The molecule has 1 aliphatic carbocycles. The standard InChI is InChI=1S/C10H19NO3/c1-14-7-6-10(13)11-8-4-2-3-5-9(8)12/h8-9,12H,2-7H2,1H3,(H,11,13). The molecule has 4 heteroatoms. The third-order valence-electron chi connectivity index (χ3n) is 2.61. The van der Waals surface area contributed by atoms with E-state index in [1.807, 2.05) is 0 Å². The van der Waals surface area contributed by atoms with Crippen molar-refractivity contribution >= 4 is 5.91 Å². The van der Waals surface area contributed by atoms with Crippen LogP contribution in [0.1, 0.15) is 32.1 Å². The summed E-state index contributed by atoms with van der Waals surface area (Å²) in [5, 5.41) is 12.4. The molecule has 14 heavy (non-hydrogen) atoms. The van der Waals surface area contributed by atoms with Gasteiger partial charge in [-0.2, -0.15) is 0 Å². The van der Waals surface area contributed by atoms with Gasteiger partial charge in [-0.05, 0) is 12.8 Å². The fraction of sp³-hybridized carbons (Fsp3) is 0.900. The zero-order valence-corrected chi connectivity index (χ0v) is 8.66. The number of aliphatic hydroxyl groups excluding tert-OH is 1. The Morgan fingerprint density at radius 3 is 2.86 bits per heavy atom. The maximum absolute atomic E-state index is 11.3. The van der Waals surface area contributed by atoms with E-state index in [9.17, 15) is 9.90 Å². The molecular formula is C10H19NO3.